The summed E-state index contributed by atoms with van der Waals surface area (Å²) in [5.74, 6) is 0.384. The molecule has 0 fully saturated rings. The number of rotatable bonds is 6. The summed E-state index contributed by atoms with van der Waals surface area (Å²) < 4.78 is 0. The number of nitrogens with one attached hydrogen (secondary N) is 2. The van der Waals surface area contributed by atoms with Crippen LogP contribution >= 0.6 is 0 Å². The van der Waals surface area contributed by atoms with Crippen molar-refractivity contribution in [2.75, 3.05) is 17.7 Å². The maximum atomic E-state index is 12.7. The zero-order chi connectivity index (χ0) is 19.9. The summed E-state index contributed by atoms with van der Waals surface area (Å²) in [7, 11) is 1.78. The van der Waals surface area contributed by atoms with Gasteiger partial charge in [-0.2, -0.15) is 0 Å². The largest absolute Gasteiger partial charge is 0.340 e. The van der Waals surface area contributed by atoms with E-state index in [-0.39, 0.29) is 11.8 Å². The van der Waals surface area contributed by atoms with Gasteiger partial charge in [0.25, 0.3) is 5.91 Å². The predicted molar refractivity (Wildman–Crippen MR) is 111 cm³/mol. The molecular formula is C22H22N4O2. The number of anilines is 3. The number of pyridine rings is 1. The van der Waals surface area contributed by atoms with Crippen LogP contribution in [0.3, 0.4) is 0 Å². The zero-order valence-corrected chi connectivity index (χ0v) is 15.8. The van der Waals surface area contributed by atoms with Gasteiger partial charge in [-0.3, -0.25) is 9.59 Å². The molecule has 3 aromatic rings. The van der Waals surface area contributed by atoms with Crippen molar-refractivity contribution in [3.05, 3.63) is 84.1 Å². The van der Waals surface area contributed by atoms with E-state index < -0.39 is 0 Å². The second kappa shape index (κ2) is 8.81. The number of hydrogen-bond donors (Lipinski definition) is 2. The molecule has 0 saturated carbocycles. The quantitative estimate of drug-likeness (QED) is 0.682. The molecule has 2 aromatic carbocycles. The van der Waals surface area contributed by atoms with Crippen LogP contribution in [0.5, 0.6) is 0 Å². The summed E-state index contributed by atoms with van der Waals surface area (Å²) in [4.78, 5) is 29.8. The van der Waals surface area contributed by atoms with Crippen molar-refractivity contribution >= 4 is 29.0 Å². The molecule has 0 atom stereocenters. The summed E-state index contributed by atoms with van der Waals surface area (Å²) in [6.07, 6.45) is 1.61. The van der Waals surface area contributed by atoms with Crippen molar-refractivity contribution in [3.8, 4) is 0 Å². The van der Waals surface area contributed by atoms with Gasteiger partial charge in [-0.05, 0) is 42.0 Å². The Morgan fingerprint density at radius 1 is 0.964 bits per heavy atom. The van der Waals surface area contributed by atoms with Crippen LogP contribution in [0.2, 0.25) is 0 Å². The number of nitrogens with zero attached hydrogens (tertiary/aromatic N) is 2. The monoisotopic (exact) mass is 374 g/mol. The average Bonchev–Trinajstić information content (AvgIpc) is 2.69. The highest BCUT2D eigenvalue weighted by Crippen LogP contribution is 2.19. The summed E-state index contributed by atoms with van der Waals surface area (Å²) in [5, 5.41) is 5.89. The van der Waals surface area contributed by atoms with Crippen molar-refractivity contribution in [2.45, 2.75) is 13.5 Å². The first kappa shape index (κ1) is 19.1. The van der Waals surface area contributed by atoms with E-state index in [4.69, 9.17) is 0 Å². The number of amides is 2. The number of carbonyl (C=O) groups excluding carboxylic acids is 2. The Labute approximate surface area is 164 Å². The van der Waals surface area contributed by atoms with Crippen LogP contribution in [-0.4, -0.2) is 28.7 Å². The molecule has 3 rings (SSSR count). The smallest absolute Gasteiger partial charge is 0.254 e. The Hall–Kier alpha value is -3.67. The van der Waals surface area contributed by atoms with E-state index in [2.05, 4.69) is 15.6 Å². The molecule has 28 heavy (non-hydrogen) atoms. The predicted octanol–water partition coefficient (Wildman–Crippen LogP) is 4.06. The van der Waals surface area contributed by atoms with Crippen LogP contribution in [0.4, 0.5) is 17.2 Å². The molecule has 0 unspecified atom stereocenters. The third-order valence-corrected chi connectivity index (χ3v) is 4.09. The second-order valence-corrected chi connectivity index (χ2v) is 6.46. The van der Waals surface area contributed by atoms with Gasteiger partial charge in [0.2, 0.25) is 5.91 Å². The Bertz CT molecular complexity index is 956. The van der Waals surface area contributed by atoms with E-state index in [1.54, 1.807) is 42.4 Å². The summed E-state index contributed by atoms with van der Waals surface area (Å²) in [6.45, 7) is 2.00. The molecule has 6 nitrogen and oxygen atoms in total. The molecule has 0 aliphatic heterocycles. The molecule has 0 aliphatic carbocycles. The van der Waals surface area contributed by atoms with Crippen LogP contribution in [0.15, 0.2) is 72.9 Å². The first-order chi connectivity index (χ1) is 13.5. The SMILES string of the molecule is CC(=O)Nc1ccc(Nc2cc(C(=O)N(C)Cc3ccccc3)ccn2)cc1. The standard InChI is InChI=1S/C22H22N4O2/c1-16(27)24-19-8-10-20(11-9-19)25-21-14-18(12-13-23-21)22(28)26(2)15-17-6-4-3-5-7-17/h3-14H,15H2,1-2H3,(H,23,25)(H,24,27). The number of hydrogen-bond acceptors (Lipinski definition) is 4. The van der Waals surface area contributed by atoms with Gasteiger partial charge in [-0.1, -0.05) is 30.3 Å². The third kappa shape index (κ3) is 5.17. The summed E-state index contributed by atoms with van der Waals surface area (Å²) in [5.41, 5.74) is 3.16. The lowest BCUT2D eigenvalue weighted by Crippen LogP contribution is -2.26. The van der Waals surface area contributed by atoms with E-state index in [1.165, 1.54) is 6.92 Å². The van der Waals surface area contributed by atoms with Crippen LogP contribution in [-0.2, 0) is 11.3 Å². The van der Waals surface area contributed by atoms with Gasteiger partial charge in [0.1, 0.15) is 5.82 Å². The highest BCUT2D eigenvalue weighted by molar-refractivity contribution is 5.94. The minimum absolute atomic E-state index is 0.0738. The topological polar surface area (TPSA) is 74.3 Å². The maximum absolute atomic E-state index is 12.7. The minimum atomic E-state index is -0.117. The lowest BCUT2D eigenvalue weighted by Gasteiger charge is -2.17. The zero-order valence-electron chi connectivity index (χ0n) is 15.8. The van der Waals surface area contributed by atoms with Crippen LogP contribution in [0, 0.1) is 0 Å². The van der Waals surface area contributed by atoms with E-state index >= 15 is 0 Å². The number of aromatic nitrogens is 1. The molecule has 2 N–H and O–H groups in total. The van der Waals surface area contributed by atoms with Crippen molar-refractivity contribution in [3.63, 3.8) is 0 Å². The molecule has 1 heterocycles. The van der Waals surface area contributed by atoms with E-state index in [0.29, 0.717) is 17.9 Å². The first-order valence-electron chi connectivity index (χ1n) is 8.91. The molecule has 0 saturated heterocycles. The molecular weight excluding hydrogens is 352 g/mol. The van der Waals surface area contributed by atoms with Gasteiger partial charge < -0.3 is 15.5 Å². The van der Waals surface area contributed by atoms with E-state index in [1.807, 2.05) is 42.5 Å². The first-order valence-corrected chi connectivity index (χ1v) is 8.91. The molecule has 0 spiro atoms. The Balaban J connectivity index is 1.67. The van der Waals surface area contributed by atoms with Crippen molar-refractivity contribution in [2.24, 2.45) is 0 Å². The summed E-state index contributed by atoms with van der Waals surface area (Å²) >= 11 is 0. The fourth-order valence-electron chi connectivity index (χ4n) is 2.77. The molecule has 0 bridgehead atoms. The lowest BCUT2D eigenvalue weighted by atomic mass is 10.2. The van der Waals surface area contributed by atoms with Gasteiger partial charge in [-0.15, -0.1) is 0 Å². The van der Waals surface area contributed by atoms with Gasteiger partial charge in [-0.25, -0.2) is 4.98 Å². The third-order valence-electron chi connectivity index (χ3n) is 4.09. The average molecular weight is 374 g/mol. The summed E-state index contributed by atoms with van der Waals surface area (Å²) in [6, 6.07) is 20.6. The van der Waals surface area contributed by atoms with Crippen LogP contribution in [0.25, 0.3) is 0 Å². The van der Waals surface area contributed by atoms with E-state index in [9.17, 15) is 9.59 Å². The highest BCUT2D eigenvalue weighted by atomic mass is 16.2. The number of carbonyl (C=O) groups is 2. The fourth-order valence-corrected chi connectivity index (χ4v) is 2.77. The Morgan fingerprint density at radius 3 is 2.32 bits per heavy atom. The van der Waals surface area contributed by atoms with Gasteiger partial charge in [0.05, 0.1) is 0 Å². The maximum Gasteiger partial charge on any atom is 0.254 e. The molecule has 142 valence electrons. The van der Waals surface area contributed by atoms with Crippen molar-refractivity contribution in [1.82, 2.24) is 9.88 Å². The second-order valence-electron chi connectivity index (χ2n) is 6.46. The van der Waals surface area contributed by atoms with Crippen molar-refractivity contribution < 1.29 is 9.59 Å². The van der Waals surface area contributed by atoms with Crippen molar-refractivity contribution in [1.29, 1.82) is 0 Å². The number of benzene rings is 2. The fraction of sp³-hybridized carbons (Fsp3) is 0.136. The Kier molecular flexibility index (Phi) is 6.01. The van der Waals surface area contributed by atoms with Gasteiger partial charge in [0.15, 0.2) is 0 Å². The van der Waals surface area contributed by atoms with Crippen LogP contribution < -0.4 is 10.6 Å². The normalized spacial score (nSPS) is 10.2. The molecule has 2 amide bonds. The molecule has 0 aliphatic rings. The molecule has 6 heteroatoms. The Morgan fingerprint density at radius 2 is 1.64 bits per heavy atom. The minimum Gasteiger partial charge on any atom is -0.340 e. The van der Waals surface area contributed by atoms with Gasteiger partial charge in [0, 0.05) is 43.7 Å². The van der Waals surface area contributed by atoms with Crippen LogP contribution in [0.1, 0.15) is 22.8 Å². The van der Waals surface area contributed by atoms with Gasteiger partial charge >= 0.3 is 0 Å². The molecule has 0 radical (unpaired) electrons. The lowest BCUT2D eigenvalue weighted by molar-refractivity contribution is -0.114. The molecule has 1 aromatic heterocycles. The van der Waals surface area contributed by atoms with E-state index in [0.717, 1.165) is 16.9 Å². The highest BCUT2D eigenvalue weighted by Gasteiger charge is 2.13.